The van der Waals surface area contributed by atoms with Crippen molar-refractivity contribution in [2.75, 3.05) is 31.7 Å². The summed E-state index contributed by atoms with van der Waals surface area (Å²) in [5.74, 6) is 0.436. The van der Waals surface area contributed by atoms with Gasteiger partial charge >= 0.3 is 0 Å². The van der Waals surface area contributed by atoms with Crippen molar-refractivity contribution < 1.29 is 9.59 Å². The van der Waals surface area contributed by atoms with E-state index in [4.69, 9.17) is 0 Å². The standard InChI is InChI=1S/C18H20N4O2S2/c1-21(2)11-16(23)19-13-5-7-14(8-6-13)20-18-22(17(24)12-26-18)10-15-4-3-9-25-15/h3-9H,10-12H2,1-2H3,(H,19,23). The lowest BCUT2D eigenvalue weighted by Gasteiger charge is -2.15. The maximum atomic E-state index is 12.1. The fourth-order valence-electron chi connectivity index (χ4n) is 2.41. The first-order chi connectivity index (χ1) is 12.5. The van der Waals surface area contributed by atoms with Gasteiger partial charge in [-0.15, -0.1) is 11.3 Å². The number of thiophene rings is 1. The van der Waals surface area contributed by atoms with E-state index in [1.807, 2.05) is 60.8 Å². The molecule has 26 heavy (non-hydrogen) atoms. The van der Waals surface area contributed by atoms with Crippen LogP contribution in [-0.2, 0) is 16.1 Å². The van der Waals surface area contributed by atoms with E-state index in [9.17, 15) is 9.59 Å². The second kappa shape index (κ2) is 8.48. The summed E-state index contributed by atoms with van der Waals surface area (Å²) in [7, 11) is 3.70. The average molecular weight is 389 g/mol. The van der Waals surface area contributed by atoms with E-state index in [1.54, 1.807) is 16.2 Å². The van der Waals surface area contributed by atoms with Crippen molar-refractivity contribution in [2.24, 2.45) is 4.99 Å². The third-order valence-electron chi connectivity index (χ3n) is 3.59. The smallest absolute Gasteiger partial charge is 0.239 e. The van der Waals surface area contributed by atoms with E-state index in [-0.39, 0.29) is 11.8 Å². The van der Waals surface area contributed by atoms with E-state index in [1.165, 1.54) is 11.8 Å². The number of amides is 2. The van der Waals surface area contributed by atoms with Crippen LogP contribution in [-0.4, -0.2) is 53.2 Å². The highest BCUT2D eigenvalue weighted by molar-refractivity contribution is 8.15. The van der Waals surface area contributed by atoms with Gasteiger partial charge in [0.15, 0.2) is 5.17 Å². The van der Waals surface area contributed by atoms with Crippen LogP contribution in [0, 0.1) is 0 Å². The van der Waals surface area contributed by atoms with Crippen molar-refractivity contribution in [1.29, 1.82) is 0 Å². The number of thioether (sulfide) groups is 1. The minimum absolute atomic E-state index is 0.0619. The Balaban J connectivity index is 1.68. The molecule has 6 nitrogen and oxygen atoms in total. The summed E-state index contributed by atoms with van der Waals surface area (Å²) in [6.45, 7) is 0.890. The third kappa shape index (κ3) is 4.94. The quantitative estimate of drug-likeness (QED) is 0.826. The summed E-state index contributed by atoms with van der Waals surface area (Å²) < 4.78 is 0. The Morgan fingerprint density at radius 3 is 2.69 bits per heavy atom. The number of carbonyl (C=O) groups is 2. The molecule has 0 atom stereocenters. The predicted molar refractivity (Wildman–Crippen MR) is 108 cm³/mol. The fraction of sp³-hybridized carbons (Fsp3) is 0.278. The van der Waals surface area contributed by atoms with Crippen LogP contribution in [0.2, 0.25) is 0 Å². The number of aliphatic imine (C=N–C) groups is 1. The SMILES string of the molecule is CN(C)CC(=O)Nc1ccc(N=C2SCC(=O)N2Cc2cccs2)cc1. The molecule has 0 aliphatic carbocycles. The van der Waals surface area contributed by atoms with Crippen LogP contribution in [0.4, 0.5) is 11.4 Å². The van der Waals surface area contributed by atoms with Gasteiger partial charge in [0, 0.05) is 10.6 Å². The maximum absolute atomic E-state index is 12.1. The number of nitrogens with one attached hydrogen (secondary N) is 1. The van der Waals surface area contributed by atoms with E-state index in [0.717, 1.165) is 16.3 Å². The van der Waals surface area contributed by atoms with E-state index in [0.29, 0.717) is 24.0 Å². The highest BCUT2D eigenvalue weighted by Crippen LogP contribution is 2.27. The largest absolute Gasteiger partial charge is 0.325 e. The Labute approximate surface area is 160 Å². The molecule has 0 bridgehead atoms. The molecular weight excluding hydrogens is 368 g/mol. The van der Waals surface area contributed by atoms with Gasteiger partial charge in [0.1, 0.15) is 0 Å². The monoisotopic (exact) mass is 388 g/mol. The Kier molecular flexibility index (Phi) is 6.08. The van der Waals surface area contributed by atoms with E-state index < -0.39 is 0 Å². The third-order valence-corrected chi connectivity index (χ3v) is 5.41. The van der Waals surface area contributed by atoms with Gasteiger partial charge in [-0.25, -0.2) is 4.99 Å². The van der Waals surface area contributed by atoms with Crippen molar-refractivity contribution in [3.63, 3.8) is 0 Å². The number of carbonyl (C=O) groups excluding carboxylic acids is 2. The van der Waals surface area contributed by atoms with Gasteiger partial charge in [0.2, 0.25) is 11.8 Å². The highest BCUT2D eigenvalue weighted by atomic mass is 32.2. The number of anilines is 1. The van der Waals surface area contributed by atoms with Gasteiger partial charge in [-0.3, -0.25) is 14.5 Å². The van der Waals surface area contributed by atoms with E-state index in [2.05, 4.69) is 10.3 Å². The minimum Gasteiger partial charge on any atom is -0.325 e. The summed E-state index contributed by atoms with van der Waals surface area (Å²) in [4.78, 5) is 33.2. The van der Waals surface area contributed by atoms with Crippen molar-refractivity contribution >= 4 is 51.5 Å². The van der Waals surface area contributed by atoms with Crippen LogP contribution >= 0.6 is 23.1 Å². The zero-order chi connectivity index (χ0) is 18.5. The molecule has 1 fully saturated rings. The molecule has 1 aliphatic heterocycles. The Hall–Kier alpha value is -2.16. The van der Waals surface area contributed by atoms with Crippen molar-refractivity contribution in [3.8, 4) is 0 Å². The van der Waals surface area contributed by atoms with Gasteiger partial charge in [0.05, 0.1) is 24.5 Å². The lowest BCUT2D eigenvalue weighted by Crippen LogP contribution is -2.28. The molecule has 2 heterocycles. The molecule has 0 saturated carbocycles. The van der Waals surface area contributed by atoms with Crippen LogP contribution in [0.3, 0.4) is 0 Å². The van der Waals surface area contributed by atoms with Crippen molar-refractivity contribution in [2.45, 2.75) is 6.54 Å². The number of nitrogens with zero attached hydrogens (tertiary/aromatic N) is 3. The van der Waals surface area contributed by atoms with Crippen molar-refractivity contribution in [1.82, 2.24) is 9.80 Å². The van der Waals surface area contributed by atoms with Crippen LogP contribution in [0.5, 0.6) is 0 Å². The summed E-state index contributed by atoms with van der Waals surface area (Å²) in [5.41, 5.74) is 1.48. The Morgan fingerprint density at radius 2 is 2.04 bits per heavy atom. The Morgan fingerprint density at radius 1 is 1.27 bits per heavy atom. The number of hydrogen-bond donors (Lipinski definition) is 1. The van der Waals surface area contributed by atoms with Crippen LogP contribution < -0.4 is 5.32 Å². The van der Waals surface area contributed by atoms with Crippen LogP contribution in [0.15, 0.2) is 46.8 Å². The maximum Gasteiger partial charge on any atom is 0.239 e. The van der Waals surface area contributed by atoms with Crippen LogP contribution in [0.25, 0.3) is 0 Å². The minimum atomic E-state index is -0.0619. The van der Waals surface area contributed by atoms with Gasteiger partial charge in [0.25, 0.3) is 0 Å². The summed E-state index contributed by atoms with van der Waals surface area (Å²) >= 11 is 3.08. The van der Waals surface area contributed by atoms with Gasteiger partial charge < -0.3 is 10.2 Å². The molecule has 1 N–H and O–H groups in total. The molecule has 1 aliphatic rings. The highest BCUT2D eigenvalue weighted by Gasteiger charge is 2.28. The van der Waals surface area contributed by atoms with Gasteiger partial charge in [-0.2, -0.15) is 0 Å². The number of rotatable bonds is 6. The number of likely N-dealkylation sites (N-methyl/N-ethyl adjacent to an activating group) is 1. The summed E-state index contributed by atoms with van der Waals surface area (Å²) in [6, 6.07) is 11.3. The molecule has 0 spiro atoms. The zero-order valence-corrected chi connectivity index (χ0v) is 16.3. The fourth-order valence-corrected chi connectivity index (χ4v) is 4.01. The first kappa shape index (κ1) is 18.6. The second-order valence-electron chi connectivity index (χ2n) is 6.08. The molecule has 0 unspecified atom stereocenters. The molecule has 3 rings (SSSR count). The topological polar surface area (TPSA) is 65.0 Å². The normalized spacial score (nSPS) is 15.9. The predicted octanol–water partition coefficient (Wildman–Crippen LogP) is 3.01. The lowest BCUT2D eigenvalue weighted by atomic mass is 10.3. The molecule has 8 heteroatoms. The summed E-state index contributed by atoms with van der Waals surface area (Å²) in [5, 5.41) is 5.56. The summed E-state index contributed by atoms with van der Waals surface area (Å²) in [6.07, 6.45) is 0. The number of hydrogen-bond acceptors (Lipinski definition) is 6. The van der Waals surface area contributed by atoms with Crippen molar-refractivity contribution in [3.05, 3.63) is 46.7 Å². The molecule has 0 radical (unpaired) electrons. The molecule has 2 aromatic rings. The second-order valence-corrected chi connectivity index (χ2v) is 8.05. The zero-order valence-electron chi connectivity index (χ0n) is 14.6. The lowest BCUT2D eigenvalue weighted by molar-refractivity contribution is -0.124. The molecule has 1 saturated heterocycles. The average Bonchev–Trinajstić information content (AvgIpc) is 3.21. The van der Waals surface area contributed by atoms with Gasteiger partial charge in [-0.05, 0) is 49.8 Å². The molecule has 2 amide bonds. The Bertz CT molecular complexity index is 801. The van der Waals surface area contributed by atoms with Crippen LogP contribution in [0.1, 0.15) is 4.88 Å². The molecule has 136 valence electrons. The number of benzene rings is 1. The van der Waals surface area contributed by atoms with Gasteiger partial charge in [-0.1, -0.05) is 17.8 Å². The number of amidine groups is 1. The molecule has 1 aromatic carbocycles. The van der Waals surface area contributed by atoms with E-state index >= 15 is 0 Å². The first-order valence-electron chi connectivity index (χ1n) is 8.10. The molecule has 1 aromatic heterocycles. The first-order valence-corrected chi connectivity index (χ1v) is 9.96. The molecular formula is C18H20N4O2S2.